The maximum absolute atomic E-state index is 15.1. The van der Waals surface area contributed by atoms with Gasteiger partial charge in [-0.15, -0.1) is 0 Å². The van der Waals surface area contributed by atoms with Crippen molar-refractivity contribution in [1.82, 2.24) is 19.7 Å². The Balaban J connectivity index is 1.75. The van der Waals surface area contributed by atoms with Crippen LogP contribution in [0.3, 0.4) is 0 Å². The zero-order valence-corrected chi connectivity index (χ0v) is 23.3. The summed E-state index contributed by atoms with van der Waals surface area (Å²) >= 11 is 3.15. The molecule has 0 fully saturated rings. The molecule has 0 aliphatic rings. The lowest BCUT2D eigenvalue weighted by Crippen LogP contribution is -2.35. The number of aryl methyl sites for hydroxylation is 2. The second-order valence-electron chi connectivity index (χ2n) is 9.03. The summed E-state index contributed by atoms with van der Waals surface area (Å²) in [5, 5.41) is 14.1. The van der Waals surface area contributed by atoms with Crippen molar-refractivity contribution in [3.05, 3.63) is 87.2 Å². The quantitative estimate of drug-likeness (QED) is 0.216. The number of hydrogen-bond donors (Lipinski definition) is 2. The Kier molecular flexibility index (Phi) is 8.56. The highest BCUT2D eigenvalue weighted by Gasteiger charge is 2.32. The number of hydrogen-bond acceptors (Lipinski definition) is 6. The normalized spacial score (nSPS) is 12.3. The topological polar surface area (TPSA) is 137 Å². The third kappa shape index (κ3) is 6.53. The van der Waals surface area contributed by atoms with Crippen LogP contribution in [-0.2, 0) is 19.8 Å². The van der Waals surface area contributed by atoms with E-state index in [0.717, 1.165) is 41.3 Å². The summed E-state index contributed by atoms with van der Waals surface area (Å²) in [5.41, 5.74) is 4.45. The molecule has 222 valence electrons. The molecule has 16 heteroatoms. The van der Waals surface area contributed by atoms with Gasteiger partial charge < -0.3 is 20.0 Å². The lowest BCUT2D eigenvalue weighted by Gasteiger charge is -2.24. The molecule has 2 heterocycles. The van der Waals surface area contributed by atoms with Crippen molar-refractivity contribution >= 4 is 27.9 Å². The molecule has 0 bridgehead atoms. The molecule has 4 aromatic rings. The summed E-state index contributed by atoms with van der Waals surface area (Å²) in [6.07, 6.45) is -5.87. The fourth-order valence-electron chi connectivity index (χ4n) is 4.04. The Labute approximate surface area is 242 Å². The Morgan fingerprint density at radius 2 is 1.86 bits per heavy atom. The number of rotatable bonds is 9. The summed E-state index contributed by atoms with van der Waals surface area (Å²) in [4.78, 5) is 29.0. The van der Waals surface area contributed by atoms with E-state index in [1.165, 1.54) is 4.68 Å². The number of aromatic nitrogens is 3. The first kappa shape index (κ1) is 30.5. The molecule has 42 heavy (non-hydrogen) atoms. The van der Waals surface area contributed by atoms with Gasteiger partial charge in [-0.25, -0.2) is 18.6 Å². The molecule has 2 aromatic heterocycles. The van der Waals surface area contributed by atoms with Crippen LogP contribution in [0.15, 0.2) is 51.7 Å². The van der Waals surface area contributed by atoms with Crippen molar-refractivity contribution in [2.45, 2.75) is 25.7 Å². The third-order valence-corrected chi connectivity index (χ3v) is 6.61. The van der Waals surface area contributed by atoms with Gasteiger partial charge in [-0.05, 0) is 47.1 Å². The molecule has 0 aliphatic carbocycles. The summed E-state index contributed by atoms with van der Waals surface area (Å²) in [6.45, 7) is 0.969. The van der Waals surface area contributed by atoms with Crippen LogP contribution >= 0.6 is 15.9 Å². The van der Waals surface area contributed by atoms with Gasteiger partial charge in [0, 0.05) is 24.4 Å². The highest BCUT2D eigenvalue weighted by molar-refractivity contribution is 9.10. The van der Waals surface area contributed by atoms with Gasteiger partial charge in [0.1, 0.15) is 17.1 Å². The number of alkyl halides is 3. The first-order valence-electron chi connectivity index (χ1n) is 11.9. The molecule has 1 atom stereocenters. The standard InChI is InChI=1S/C26H21BrF5N5O5/c1-12-14(9-36(2)35-12)10-37(25(39)40)11-18(41-17-8-7-16(28)19(20(17)29)23(33)38)24-34-21(22(27)42-24)13-3-5-15(6-4-13)26(30,31)32/h3-9,18H,10-11H2,1-2H3,(H2,33,38)(H,39,40). The maximum atomic E-state index is 15.1. The van der Waals surface area contributed by atoms with E-state index < -0.39 is 59.3 Å². The highest BCUT2D eigenvalue weighted by atomic mass is 79.9. The van der Waals surface area contributed by atoms with E-state index >= 15 is 4.39 Å². The number of carbonyl (C=O) groups is 2. The van der Waals surface area contributed by atoms with Crippen LogP contribution in [0.5, 0.6) is 5.75 Å². The van der Waals surface area contributed by atoms with Crippen molar-refractivity contribution in [2.24, 2.45) is 12.8 Å². The Morgan fingerprint density at radius 3 is 2.40 bits per heavy atom. The number of primary amides is 1. The van der Waals surface area contributed by atoms with Crippen molar-refractivity contribution in [2.75, 3.05) is 6.54 Å². The minimum Gasteiger partial charge on any atom is -0.476 e. The molecule has 0 aliphatic heterocycles. The first-order valence-corrected chi connectivity index (χ1v) is 12.7. The number of nitrogens with two attached hydrogens (primary N) is 1. The lowest BCUT2D eigenvalue weighted by molar-refractivity contribution is -0.137. The molecule has 0 radical (unpaired) electrons. The van der Waals surface area contributed by atoms with E-state index in [9.17, 15) is 32.3 Å². The number of nitrogens with zero attached hydrogens (tertiary/aromatic N) is 4. The van der Waals surface area contributed by atoms with Gasteiger partial charge in [0.25, 0.3) is 5.91 Å². The summed E-state index contributed by atoms with van der Waals surface area (Å²) < 4.78 is 81.0. The van der Waals surface area contributed by atoms with Gasteiger partial charge in [0.05, 0.1) is 24.3 Å². The number of benzene rings is 2. The number of carboxylic acid groups (broad SMARTS) is 1. The van der Waals surface area contributed by atoms with Gasteiger partial charge in [-0.3, -0.25) is 14.4 Å². The van der Waals surface area contributed by atoms with Gasteiger partial charge in [-0.2, -0.15) is 18.3 Å². The van der Waals surface area contributed by atoms with E-state index in [-0.39, 0.29) is 28.4 Å². The summed E-state index contributed by atoms with van der Waals surface area (Å²) in [6, 6.07) is 5.59. The number of halogens is 6. The second-order valence-corrected chi connectivity index (χ2v) is 9.75. The molecule has 4 rings (SSSR count). The van der Waals surface area contributed by atoms with Gasteiger partial charge >= 0.3 is 12.3 Å². The van der Waals surface area contributed by atoms with Crippen molar-refractivity contribution in [3.63, 3.8) is 0 Å². The molecule has 0 saturated heterocycles. The van der Waals surface area contributed by atoms with Gasteiger partial charge in [0.2, 0.25) is 5.89 Å². The second kappa shape index (κ2) is 11.8. The van der Waals surface area contributed by atoms with Crippen LogP contribution in [0, 0.1) is 18.6 Å². The van der Waals surface area contributed by atoms with Crippen molar-refractivity contribution < 1.29 is 45.8 Å². The average Bonchev–Trinajstić information content (AvgIpc) is 3.44. The van der Waals surface area contributed by atoms with Gasteiger partial charge in [0.15, 0.2) is 22.3 Å². The van der Waals surface area contributed by atoms with Crippen LogP contribution < -0.4 is 10.5 Å². The van der Waals surface area contributed by atoms with Crippen LogP contribution in [0.4, 0.5) is 26.7 Å². The van der Waals surface area contributed by atoms with Crippen LogP contribution in [-0.4, -0.2) is 43.3 Å². The molecule has 0 saturated carbocycles. The Bertz CT molecular complexity index is 1640. The van der Waals surface area contributed by atoms with Crippen LogP contribution in [0.2, 0.25) is 0 Å². The zero-order valence-electron chi connectivity index (χ0n) is 21.7. The highest BCUT2D eigenvalue weighted by Crippen LogP contribution is 2.36. The largest absolute Gasteiger partial charge is 0.476 e. The van der Waals surface area contributed by atoms with Crippen LogP contribution in [0.1, 0.15) is 39.2 Å². The fraction of sp³-hybridized carbons (Fsp3) is 0.231. The van der Waals surface area contributed by atoms with E-state index in [1.54, 1.807) is 20.2 Å². The first-order chi connectivity index (χ1) is 19.6. The monoisotopic (exact) mass is 657 g/mol. The number of oxazole rings is 1. The van der Waals surface area contributed by atoms with Crippen LogP contribution in [0.25, 0.3) is 11.3 Å². The third-order valence-electron chi connectivity index (χ3n) is 6.07. The predicted octanol–water partition coefficient (Wildman–Crippen LogP) is 5.84. The van der Waals surface area contributed by atoms with Crippen molar-refractivity contribution in [1.29, 1.82) is 0 Å². The maximum Gasteiger partial charge on any atom is 0.416 e. The predicted molar refractivity (Wildman–Crippen MR) is 139 cm³/mol. The minimum absolute atomic E-state index is 0.0368. The summed E-state index contributed by atoms with van der Waals surface area (Å²) in [7, 11) is 1.65. The summed E-state index contributed by atoms with van der Waals surface area (Å²) in [5.74, 6) is -5.06. The molecule has 2 aromatic carbocycles. The molecule has 2 amide bonds. The van der Waals surface area contributed by atoms with Crippen molar-refractivity contribution in [3.8, 4) is 17.0 Å². The average molecular weight is 658 g/mol. The molecular formula is C26H21BrF5N5O5. The fourth-order valence-corrected chi connectivity index (χ4v) is 4.52. The molecule has 3 N–H and O–H groups in total. The van der Waals surface area contributed by atoms with Gasteiger partial charge in [-0.1, -0.05) is 12.1 Å². The molecular weight excluding hydrogens is 637 g/mol. The van der Waals surface area contributed by atoms with E-state index in [4.69, 9.17) is 14.9 Å². The number of ether oxygens (including phenoxy) is 1. The minimum atomic E-state index is -4.57. The molecule has 0 spiro atoms. The Hall–Kier alpha value is -4.47. The van der Waals surface area contributed by atoms with E-state index in [0.29, 0.717) is 11.3 Å². The lowest BCUT2D eigenvalue weighted by atomic mass is 10.1. The van der Waals surface area contributed by atoms with E-state index in [1.807, 2.05) is 0 Å². The SMILES string of the molecule is Cc1nn(C)cc1CN(CC(Oc1ccc(F)c(C(N)=O)c1F)c1nc(-c2ccc(C(F)(F)F)cc2)c(Br)o1)C(=O)O. The molecule has 1 unspecified atom stereocenters. The van der Waals surface area contributed by atoms with E-state index in [2.05, 4.69) is 26.0 Å². The number of carbonyl (C=O) groups excluding carboxylic acids is 1. The molecule has 10 nitrogen and oxygen atoms in total. The zero-order chi connectivity index (χ0) is 30.9. The number of amides is 2. The Morgan fingerprint density at radius 1 is 1.19 bits per heavy atom. The smallest absolute Gasteiger partial charge is 0.416 e.